The number of pyridine rings is 1. The van der Waals surface area contributed by atoms with E-state index in [1.54, 1.807) is 6.07 Å². The van der Waals surface area contributed by atoms with Crippen LogP contribution < -0.4 is 5.32 Å². The largest absolute Gasteiger partial charge is 0.392 e. The van der Waals surface area contributed by atoms with Gasteiger partial charge in [0, 0.05) is 18.9 Å². The summed E-state index contributed by atoms with van der Waals surface area (Å²) in [7, 11) is 0. The van der Waals surface area contributed by atoms with E-state index in [1.165, 1.54) is 12.4 Å². The number of aliphatic hydroxyl groups is 1. The lowest BCUT2D eigenvalue weighted by molar-refractivity contribution is 0.0951. The number of nitrogens with one attached hydrogen (secondary N) is 1. The molecule has 0 radical (unpaired) electrons. The third-order valence-electron chi connectivity index (χ3n) is 2.68. The summed E-state index contributed by atoms with van der Waals surface area (Å²) in [6.45, 7) is 0.419. The average molecular weight is 277 g/mol. The zero-order chi connectivity index (χ0) is 13.7. The van der Waals surface area contributed by atoms with Crippen molar-refractivity contribution in [2.24, 2.45) is 0 Å². The zero-order valence-corrected chi connectivity index (χ0v) is 10.9. The molecule has 0 unspecified atom stereocenters. The van der Waals surface area contributed by atoms with E-state index in [9.17, 15) is 4.79 Å². The van der Waals surface area contributed by atoms with Crippen molar-refractivity contribution in [2.75, 3.05) is 0 Å². The van der Waals surface area contributed by atoms with Gasteiger partial charge in [0.05, 0.1) is 17.2 Å². The van der Waals surface area contributed by atoms with E-state index in [0.29, 0.717) is 17.1 Å². The van der Waals surface area contributed by atoms with Crippen LogP contribution in [0.2, 0.25) is 5.02 Å². The van der Waals surface area contributed by atoms with E-state index in [0.717, 1.165) is 11.1 Å². The number of nitrogens with zero attached hydrogens (tertiary/aromatic N) is 1. The number of aromatic nitrogens is 1. The molecule has 0 aliphatic heterocycles. The molecule has 1 heterocycles. The fraction of sp³-hybridized carbons (Fsp3) is 0.143. The van der Waals surface area contributed by atoms with Gasteiger partial charge in [0.2, 0.25) is 0 Å². The van der Waals surface area contributed by atoms with Crippen LogP contribution in [0.5, 0.6) is 0 Å². The van der Waals surface area contributed by atoms with Gasteiger partial charge in [-0.15, -0.1) is 0 Å². The first-order valence-electron chi connectivity index (χ1n) is 5.77. The third kappa shape index (κ3) is 3.53. The van der Waals surface area contributed by atoms with Crippen molar-refractivity contribution >= 4 is 17.5 Å². The van der Waals surface area contributed by atoms with Gasteiger partial charge in [0.15, 0.2) is 0 Å². The maximum atomic E-state index is 11.9. The number of amides is 1. The van der Waals surface area contributed by atoms with Crippen LogP contribution in [0.3, 0.4) is 0 Å². The first kappa shape index (κ1) is 13.5. The van der Waals surface area contributed by atoms with Crippen LogP contribution in [-0.4, -0.2) is 16.0 Å². The van der Waals surface area contributed by atoms with E-state index in [-0.39, 0.29) is 12.5 Å². The Morgan fingerprint density at radius 2 is 1.89 bits per heavy atom. The summed E-state index contributed by atoms with van der Waals surface area (Å²) in [5.74, 6) is -0.237. The van der Waals surface area contributed by atoms with Gasteiger partial charge in [-0.05, 0) is 17.2 Å². The van der Waals surface area contributed by atoms with Crippen LogP contribution in [-0.2, 0) is 13.2 Å². The number of carbonyl (C=O) groups is 1. The van der Waals surface area contributed by atoms with Crippen molar-refractivity contribution < 1.29 is 9.90 Å². The van der Waals surface area contributed by atoms with Crippen LogP contribution in [0.1, 0.15) is 21.5 Å². The summed E-state index contributed by atoms with van der Waals surface area (Å²) in [6, 6.07) is 8.94. The van der Waals surface area contributed by atoms with Crippen LogP contribution in [0.4, 0.5) is 0 Å². The van der Waals surface area contributed by atoms with Crippen molar-refractivity contribution in [1.82, 2.24) is 10.3 Å². The number of hydrogen-bond acceptors (Lipinski definition) is 3. The molecule has 5 heteroatoms. The van der Waals surface area contributed by atoms with Gasteiger partial charge in [-0.1, -0.05) is 35.9 Å². The number of halogens is 1. The Hall–Kier alpha value is -1.91. The van der Waals surface area contributed by atoms with Crippen LogP contribution in [0.25, 0.3) is 0 Å². The molecule has 98 valence electrons. The van der Waals surface area contributed by atoms with E-state index in [2.05, 4.69) is 10.3 Å². The quantitative estimate of drug-likeness (QED) is 0.899. The molecule has 4 nitrogen and oxygen atoms in total. The fourth-order valence-corrected chi connectivity index (χ4v) is 1.80. The number of aliphatic hydroxyl groups excluding tert-OH is 1. The number of benzene rings is 1. The standard InChI is InChI=1S/C14H13ClN2O2/c15-13-8-16-6-5-12(13)14(19)17-7-10-1-3-11(9-18)4-2-10/h1-6,8,18H,7,9H2,(H,17,19). The first-order valence-corrected chi connectivity index (χ1v) is 6.15. The highest BCUT2D eigenvalue weighted by molar-refractivity contribution is 6.33. The molecule has 0 saturated heterocycles. The maximum absolute atomic E-state index is 11.9. The van der Waals surface area contributed by atoms with Gasteiger partial charge in [-0.25, -0.2) is 0 Å². The molecule has 0 aliphatic carbocycles. The Bertz CT molecular complexity index is 570. The molecule has 19 heavy (non-hydrogen) atoms. The molecule has 0 fully saturated rings. The molecule has 1 aromatic heterocycles. The SMILES string of the molecule is O=C(NCc1ccc(CO)cc1)c1ccncc1Cl. The molecule has 0 atom stereocenters. The Morgan fingerprint density at radius 1 is 1.21 bits per heavy atom. The highest BCUT2D eigenvalue weighted by atomic mass is 35.5. The summed E-state index contributed by atoms with van der Waals surface area (Å²) in [5.41, 5.74) is 2.20. The van der Waals surface area contributed by atoms with Crippen molar-refractivity contribution in [3.05, 3.63) is 64.4 Å². The summed E-state index contributed by atoms with van der Waals surface area (Å²) in [6.07, 6.45) is 2.96. The summed E-state index contributed by atoms with van der Waals surface area (Å²) in [4.78, 5) is 15.7. The minimum Gasteiger partial charge on any atom is -0.392 e. The Labute approximate surface area is 116 Å². The number of carbonyl (C=O) groups excluding carboxylic acids is 1. The number of rotatable bonds is 4. The van der Waals surface area contributed by atoms with Gasteiger partial charge in [-0.3, -0.25) is 9.78 Å². The van der Waals surface area contributed by atoms with Gasteiger partial charge >= 0.3 is 0 Å². The highest BCUT2D eigenvalue weighted by Crippen LogP contribution is 2.13. The second kappa shape index (κ2) is 6.31. The van der Waals surface area contributed by atoms with Crippen LogP contribution >= 0.6 is 11.6 Å². The van der Waals surface area contributed by atoms with Gasteiger partial charge in [0.1, 0.15) is 0 Å². The van der Waals surface area contributed by atoms with Gasteiger partial charge in [0.25, 0.3) is 5.91 Å². The molecule has 0 bridgehead atoms. The van der Waals surface area contributed by atoms with Crippen molar-refractivity contribution in [3.63, 3.8) is 0 Å². The minimum atomic E-state index is -0.237. The van der Waals surface area contributed by atoms with E-state index in [1.807, 2.05) is 24.3 Å². The topological polar surface area (TPSA) is 62.2 Å². The predicted molar refractivity (Wildman–Crippen MR) is 72.8 cm³/mol. The molecule has 2 aromatic rings. The smallest absolute Gasteiger partial charge is 0.253 e. The summed E-state index contributed by atoms with van der Waals surface area (Å²) < 4.78 is 0. The molecule has 0 aliphatic rings. The lowest BCUT2D eigenvalue weighted by atomic mass is 10.1. The molecule has 0 spiro atoms. The predicted octanol–water partition coefficient (Wildman–Crippen LogP) is 2.16. The number of hydrogen-bond donors (Lipinski definition) is 2. The van der Waals surface area contributed by atoms with E-state index < -0.39 is 0 Å². The fourth-order valence-electron chi connectivity index (χ4n) is 1.60. The van der Waals surface area contributed by atoms with Crippen molar-refractivity contribution in [1.29, 1.82) is 0 Å². The second-order valence-corrected chi connectivity index (χ2v) is 4.42. The molecular formula is C14H13ClN2O2. The maximum Gasteiger partial charge on any atom is 0.253 e. The minimum absolute atomic E-state index is 0.0132. The molecule has 2 rings (SSSR count). The zero-order valence-electron chi connectivity index (χ0n) is 10.1. The lowest BCUT2D eigenvalue weighted by Gasteiger charge is -2.07. The summed E-state index contributed by atoms with van der Waals surface area (Å²) in [5, 5.41) is 12.0. The Balaban J connectivity index is 1.98. The van der Waals surface area contributed by atoms with E-state index in [4.69, 9.17) is 16.7 Å². The van der Waals surface area contributed by atoms with Gasteiger partial charge < -0.3 is 10.4 Å². The molecule has 0 saturated carbocycles. The highest BCUT2D eigenvalue weighted by Gasteiger charge is 2.09. The lowest BCUT2D eigenvalue weighted by Crippen LogP contribution is -2.23. The molecular weight excluding hydrogens is 264 g/mol. The van der Waals surface area contributed by atoms with Crippen molar-refractivity contribution in [2.45, 2.75) is 13.2 Å². The average Bonchev–Trinajstić information content (AvgIpc) is 2.46. The normalized spacial score (nSPS) is 10.2. The third-order valence-corrected chi connectivity index (χ3v) is 2.98. The second-order valence-electron chi connectivity index (χ2n) is 4.01. The monoisotopic (exact) mass is 276 g/mol. The van der Waals surface area contributed by atoms with Gasteiger partial charge in [-0.2, -0.15) is 0 Å². The molecule has 1 aromatic carbocycles. The van der Waals surface area contributed by atoms with Crippen molar-refractivity contribution in [3.8, 4) is 0 Å². The Kier molecular flexibility index (Phi) is 4.49. The molecule has 2 N–H and O–H groups in total. The molecule has 1 amide bonds. The first-order chi connectivity index (χ1) is 9.20. The van der Waals surface area contributed by atoms with Crippen LogP contribution in [0, 0.1) is 0 Å². The van der Waals surface area contributed by atoms with Crippen LogP contribution in [0.15, 0.2) is 42.7 Å². The van der Waals surface area contributed by atoms with E-state index >= 15 is 0 Å². The Morgan fingerprint density at radius 3 is 2.53 bits per heavy atom. The summed E-state index contributed by atoms with van der Waals surface area (Å²) >= 11 is 5.89.